The van der Waals surface area contributed by atoms with E-state index < -0.39 is 18.0 Å². The summed E-state index contributed by atoms with van der Waals surface area (Å²) in [5, 5.41) is 17.7. The highest BCUT2D eigenvalue weighted by atomic mass is 35.5. The molecule has 1 atom stereocenters. The first kappa shape index (κ1) is 22.2. The van der Waals surface area contributed by atoms with Crippen molar-refractivity contribution in [2.75, 3.05) is 10.6 Å². The Kier molecular flexibility index (Phi) is 6.66. The summed E-state index contributed by atoms with van der Waals surface area (Å²) >= 11 is 8.35. The van der Waals surface area contributed by atoms with E-state index in [0.29, 0.717) is 25.7 Å². The third-order valence-corrected chi connectivity index (χ3v) is 6.45. The van der Waals surface area contributed by atoms with Gasteiger partial charge in [-0.3, -0.25) is 14.2 Å². The number of rotatable bonds is 7. The first-order valence-corrected chi connectivity index (χ1v) is 11.4. The fourth-order valence-corrected chi connectivity index (χ4v) is 4.60. The molecule has 1 aromatic carbocycles. The molecule has 0 aliphatic rings. The quantitative estimate of drug-likeness (QED) is 0.333. The molecule has 0 saturated carbocycles. The van der Waals surface area contributed by atoms with Crippen molar-refractivity contribution in [1.29, 1.82) is 0 Å². The van der Waals surface area contributed by atoms with Crippen LogP contribution in [0.25, 0.3) is 5.69 Å². The average Bonchev–Trinajstić information content (AvgIpc) is 3.38. The first-order chi connectivity index (χ1) is 15.4. The molecule has 0 bridgehead atoms. The summed E-state index contributed by atoms with van der Waals surface area (Å²) in [5.74, 6) is -1.11. The van der Waals surface area contributed by atoms with Gasteiger partial charge in [-0.2, -0.15) is 0 Å². The SMILES string of the molecule is O=C(Cc1csc(NC(O)c2ccc(Cl)s2)n1)Nc1ccc(-n2ccccc2=O)cc1F. The van der Waals surface area contributed by atoms with E-state index in [1.807, 2.05) is 0 Å². The summed E-state index contributed by atoms with van der Waals surface area (Å²) in [4.78, 5) is 29.2. The van der Waals surface area contributed by atoms with Crippen molar-refractivity contribution in [2.45, 2.75) is 12.6 Å². The van der Waals surface area contributed by atoms with E-state index in [4.69, 9.17) is 11.6 Å². The predicted octanol–water partition coefficient (Wildman–Crippen LogP) is 4.43. The lowest BCUT2D eigenvalue weighted by Crippen LogP contribution is -2.17. The zero-order chi connectivity index (χ0) is 22.7. The highest BCUT2D eigenvalue weighted by molar-refractivity contribution is 7.16. The number of amides is 1. The number of hydrogen-bond donors (Lipinski definition) is 3. The number of aromatic nitrogens is 2. The molecule has 0 radical (unpaired) electrons. The van der Waals surface area contributed by atoms with Crippen molar-refractivity contribution >= 4 is 51.0 Å². The van der Waals surface area contributed by atoms with E-state index in [1.54, 1.807) is 35.7 Å². The number of thiophene rings is 1. The molecular weight excluding hydrogens is 475 g/mol. The van der Waals surface area contributed by atoms with Gasteiger partial charge in [0, 0.05) is 23.7 Å². The Balaban J connectivity index is 1.38. The van der Waals surface area contributed by atoms with Crippen molar-refractivity contribution in [3.63, 3.8) is 0 Å². The molecule has 0 spiro atoms. The number of carbonyl (C=O) groups is 1. The molecule has 3 N–H and O–H groups in total. The van der Waals surface area contributed by atoms with Crippen LogP contribution in [0.3, 0.4) is 0 Å². The number of aliphatic hydroxyl groups is 1. The van der Waals surface area contributed by atoms with E-state index in [1.165, 1.54) is 51.6 Å². The second-order valence-electron chi connectivity index (χ2n) is 6.63. The molecule has 1 amide bonds. The topological polar surface area (TPSA) is 96.2 Å². The Hall–Kier alpha value is -3.05. The zero-order valence-electron chi connectivity index (χ0n) is 16.3. The summed E-state index contributed by atoms with van der Waals surface area (Å²) in [6.07, 6.45) is 0.496. The Morgan fingerprint density at radius 3 is 2.81 bits per heavy atom. The van der Waals surface area contributed by atoms with Crippen molar-refractivity contribution in [3.8, 4) is 5.69 Å². The number of hydrogen-bond acceptors (Lipinski definition) is 7. The lowest BCUT2D eigenvalue weighted by molar-refractivity contribution is -0.115. The number of thiazole rings is 1. The van der Waals surface area contributed by atoms with Crippen molar-refractivity contribution in [2.24, 2.45) is 0 Å². The molecule has 0 saturated heterocycles. The maximum Gasteiger partial charge on any atom is 0.255 e. The second-order valence-corrected chi connectivity index (χ2v) is 9.24. The van der Waals surface area contributed by atoms with Crippen LogP contribution < -0.4 is 16.2 Å². The first-order valence-electron chi connectivity index (χ1n) is 9.31. The van der Waals surface area contributed by atoms with Crippen LogP contribution in [0.2, 0.25) is 4.34 Å². The summed E-state index contributed by atoms with van der Waals surface area (Å²) in [5.41, 5.74) is 0.538. The highest BCUT2D eigenvalue weighted by Crippen LogP contribution is 2.29. The molecule has 0 aliphatic heterocycles. The van der Waals surface area contributed by atoms with Gasteiger partial charge >= 0.3 is 0 Å². The standard InChI is InChI=1S/C21H16ClFN4O3S2/c22-17-7-6-16(32-17)20(30)26-21-24-12(11-31-21)9-18(28)25-15-5-4-13(10-14(15)23)27-8-2-1-3-19(27)29/h1-8,10-11,20,30H,9H2,(H,24,26)(H,25,28). The lowest BCUT2D eigenvalue weighted by atomic mass is 10.2. The molecule has 7 nitrogen and oxygen atoms in total. The van der Waals surface area contributed by atoms with Gasteiger partial charge in [0.15, 0.2) is 11.4 Å². The minimum atomic E-state index is -0.968. The van der Waals surface area contributed by atoms with Crippen LogP contribution in [0, 0.1) is 5.82 Å². The van der Waals surface area contributed by atoms with Crippen LogP contribution >= 0.6 is 34.3 Å². The number of carbonyl (C=O) groups excluding carboxylic acids is 1. The largest absolute Gasteiger partial charge is 0.369 e. The van der Waals surface area contributed by atoms with Gasteiger partial charge in [0.1, 0.15) is 5.82 Å². The van der Waals surface area contributed by atoms with Crippen LogP contribution in [-0.4, -0.2) is 20.6 Å². The van der Waals surface area contributed by atoms with Gasteiger partial charge in [0.2, 0.25) is 5.91 Å². The fraction of sp³-hybridized carbons (Fsp3) is 0.0952. The summed E-state index contributed by atoms with van der Waals surface area (Å²) in [6.45, 7) is 0. The molecule has 4 rings (SSSR count). The van der Waals surface area contributed by atoms with Crippen molar-refractivity contribution in [1.82, 2.24) is 9.55 Å². The molecule has 4 aromatic rings. The van der Waals surface area contributed by atoms with Gasteiger partial charge in [-0.25, -0.2) is 9.37 Å². The maximum atomic E-state index is 14.5. The number of anilines is 2. The smallest absolute Gasteiger partial charge is 0.255 e. The number of halogens is 2. The third kappa shape index (κ3) is 5.22. The van der Waals surface area contributed by atoms with Crippen LogP contribution in [0.15, 0.2) is 64.9 Å². The molecule has 0 aliphatic carbocycles. The van der Waals surface area contributed by atoms with Gasteiger partial charge in [0.25, 0.3) is 5.56 Å². The third-order valence-electron chi connectivity index (χ3n) is 4.34. The van der Waals surface area contributed by atoms with E-state index >= 15 is 0 Å². The Labute approximate surface area is 194 Å². The fourth-order valence-electron chi connectivity index (χ4n) is 2.87. The number of aliphatic hydroxyl groups excluding tert-OH is 1. The van der Waals surface area contributed by atoms with Crippen molar-refractivity contribution < 1.29 is 14.3 Å². The van der Waals surface area contributed by atoms with E-state index in [-0.39, 0.29) is 17.7 Å². The van der Waals surface area contributed by atoms with Gasteiger partial charge in [-0.05, 0) is 30.3 Å². The van der Waals surface area contributed by atoms with Crippen LogP contribution in [0.4, 0.5) is 15.2 Å². The van der Waals surface area contributed by atoms with Gasteiger partial charge in [-0.1, -0.05) is 17.7 Å². The Morgan fingerprint density at radius 1 is 1.25 bits per heavy atom. The molecule has 164 valence electrons. The minimum absolute atomic E-state index is 0.00121. The van der Waals surface area contributed by atoms with E-state index in [9.17, 15) is 19.1 Å². The minimum Gasteiger partial charge on any atom is -0.369 e. The van der Waals surface area contributed by atoms with E-state index in [0.717, 1.165) is 0 Å². The summed E-state index contributed by atoms with van der Waals surface area (Å²) in [7, 11) is 0. The van der Waals surface area contributed by atoms with Gasteiger partial charge < -0.3 is 15.7 Å². The number of nitrogens with one attached hydrogen (secondary N) is 2. The number of pyridine rings is 1. The molecular formula is C21H16ClFN4O3S2. The monoisotopic (exact) mass is 490 g/mol. The zero-order valence-corrected chi connectivity index (χ0v) is 18.7. The van der Waals surface area contributed by atoms with Crippen LogP contribution in [-0.2, 0) is 11.2 Å². The molecule has 32 heavy (non-hydrogen) atoms. The van der Waals surface area contributed by atoms with Crippen molar-refractivity contribution in [3.05, 3.63) is 91.2 Å². The molecule has 3 heterocycles. The lowest BCUT2D eigenvalue weighted by Gasteiger charge is -2.10. The number of nitrogens with zero attached hydrogens (tertiary/aromatic N) is 2. The highest BCUT2D eigenvalue weighted by Gasteiger charge is 2.15. The van der Waals surface area contributed by atoms with Gasteiger partial charge in [-0.15, -0.1) is 22.7 Å². The Morgan fingerprint density at radius 2 is 2.09 bits per heavy atom. The maximum absolute atomic E-state index is 14.5. The average molecular weight is 491 g/mol. The molecule has 11 heteroatoms. The summed E-state index contributed by atoms with van der Waals surface area (Å²) in [6, 6.07) is 12.2. The summed E-state index contributed by atoms with van der Waals surface area (Å²) < 4.78 is 16.4. The van der Waals surface area contributed by atoms with Gasteiger partial charge in [0.05, 0.1) is 32.7 Å². The van der Waals surface area contributed by atoms with E-state index in [2.05, 4.69) is 15.6 Å². The molecule has 1 unspecified atom stereocenters. The number of benzene rings is 1. The second kappa shape index (κ2) is 9.61. The molecule has 0 fully saturated rings. The Bertz CT molecular complexity index is 1320. The normalized spacial score (nSPS) is 11.8. The molecule has 3 aromatic heterocycles. The van der Waals surface area contributed by atoms with Crippen LogP contribution in [0.5, 0.6) is 0 Å². The predicted molar refractivity (Wildman–Crippen MR) is 124 cm³/mol. The van der Waals surface area contributed by atoms with Crippen LogP contribution in [0.1, 0.15) is 16.8 Å².